The van der Waals surface area contributed by atoms with Gasteiger partial charge in [-0.1, -0.05) is 17.9 Å². The van der Waals surface area contributed by atoms with Crippen molar-refractivity contribution in [3.05, 3.63) is 106 Å². The standard InChI is InChI=1S/C27H16F3N3O3S/c1-15(26(35)36)10-20-21(28)11-18(12-22(20)29)25(34)33-27-32-23(14-37-27)19-6-2-5-17(24(19)30)8-7-16-4-3-9-31-13-16/h2-6,9-14H,1H3,(H,35,36)(H,32,33,34)/b15-10+. The summed E-state index contributed by atoms with van der Waals surface area (Å²) in [5.74, 6) is 0.635. The molecular weight excluding hydrogens is 503 g/mol. The van der Waals surface area contributed by atoms with E-state index in [1.54, 1.807) is 30.6 Å². The summed E-state index contributed by atoms with van der Waals surface area (Å²) in [6.45, 7) is 1.19. The van der Waals surface area contributed by atoms with E-state index in [-0.39, 0.29) is 33.1 Å². The molecule has 0 saturated heterocycles. The van der Waals surface area contributed by atoms with Gasteiger partial charge in [0, 0.05) is 45.6 Å². The number of pyridine rings is 1. The van der Waals surface area contributed by atoms with E-state index < -0.39 is 34.9 Å². The number of anilines is 1. The second-order valence-corrected chi connectivity index (χ2v) is 8.50. The lowest BCUT2D eigenvalue weighted by molar-refractivity contribution is -0.132. The fourth-order valence-corrected chi connectivity index (χ4v) is 3.86. The summed E-state index contributed by atoms with van der Waals surface area (Å²) in [6.07, 6.45) is 4.00. The second-order valence-electron chi connectivity index (χ2n) is 7.64. The number of carboxylic acid groups (broad SMARTS) is 1. The lowest BCUT2D eigenvalue weighted by Gasteiger charge is -2.06. The van der Waals surface area contributed by atoms with Crippen LogP contribution in [0.15, 0.2) is 65.8 Å². The van der Waals surface area contributed by atoms with E-state index in [1.807, 2.05) is 0 Å². The summed E-state index contributed by atoms with van der Waals surface area (Å²) in [7, 11) is 0. The molecule has 184 valence electrons. The maximum absolute atomic E-state index is 15.1. The minimum Gasteiger partial charge on any atom is -0.478 e. The monoisotopic (exact) mass is 519 g/mol. The molecule has 10 heteroatoms. The van der Waals surface area contributed by atoms with E-state index in [1.165, 1.54) is 24.4 Å². The highest BCUT2D eigenvalue weighted by atomic mass is 32.1. The number of thiazole rings is 1. The van der Waals surface area contributed by atoms with Crippen molar-refractivity contribution in [2.45, 2.75) is 6.92 Å². The van der Waals surface area contributed by atoms with Crippen molar-refractivity contribution in [3.63, 3.8) is 0 Å². The molecule has 0 saturated carbocycles. The minimum atomic E-state index is -1.33. The van der Waals surface area contributed by atoms with Crippen LogP contribution in [0.4, 0.5) is 18.3 Å². The van der Waals surface area contributed by atoms with Crippen LogP contribution >= 0.6 is 11.3 Å². The van der Waals surface area contributed by atoms with E-state index in [2.05, 4.69) is 27.1 Å². The van der Waals surface area contributed by atoms with Gasteiger partial charge in [0.15, 0.2) is 5.13 Å². The zero-order valence-electron chi connectivity index (χ0n) is 19.1. The Morgan fingerprint density at radius 1 is 1.08 bits per heavy atom. The Hall–Kier alpha value is -4.75. The number of rotatable bonds is 5. The smallest absolute Gasteiger partial charge is 0.331 e. The molecule has 1 amide bonds. The molecule has 0 radical (unpaired) electrons. The number of carboxylic acids is 1. The highest BCUT2D eigenvalue weighted by Gasteiger charge is 2.18. The van der Waals surface area contributed by atoms with Crippen LogP contribution in [0.2, 0.25) is 0 Å². The number of benzene rings is 2. The van der Waals surface area contributed by atoms with Gasteiger partial charge in [0.1, 0.15) is 17.5 Å². The Morgan fingerprint density at radius 3 is 2.51 bits per heavy atom. The first kappa shape index (κ1) is 25.3. The zero-order chi connectivity index (χ0) is 26.5. The van der Waals surface area contributed by atoms with Crippen LogP contribution in [-0.2, 0) is 4.79 Å². The lowest BCUT2D eigenvalue weighted by Crippen LogP contribution is -2.13. The topological polar surface area (TPSA) is 92.2 Å². The molecule has 4 aromatic rings. The third-order valence-corrected chi connectivity index (χ3v) is 5.80. The Balaban J connectivity index is 1.54. The fourth-order valence-electron chi connectivity index (χ4n) is 3.16. The molecule has 0 fully saturated rings. The number of nitrogens with one attached hydrogen (secondary N) is 1. The van der Waals surface area contributed by atoms with Gasteiger partial charge in [-0.25, -0.2) is 22.9 Å². The average Bonchev–Trinajstić information content (AvgIpc) is 3.34. The number of hydrogen-bond donors (Lipinski definition) is 2. The van der Waals surface area contributed by atoms with E-state index in [0.29, 0.717) is 5.56 Å². The van der Waals surface area contributed by atoms with Gasteiger partial charge in [0.05, 0.1) is 11.3 Å². The van der Waals surface area contributed by atoms with Crippen molar-refractivity contribution in [2.24, 2.45) is 0 Å². The van der Waals surface area contributed by atoms with E-state index in [0.717, 1.165) is 29.5 Å². The van der Waals surface area contributed by atoms with Gasteiger partial charge in [0.25, 0.3) is 5.91 Å². The largest absolute Gasteiger partial charge is 0.478 e. The molecule has 0 aliphatic carbocycles. The van der Waals surface area contributed by atoms with E-state index in [9.17, 15) is 18.4 Å². The predicted molar refractivity (Wildman–Crippen MR) is 133 cm³/mol. The van der Waals surface area contributed by atoms with Crippen molar-refractivity contribution >= 4 is 34.4 Å². The number of carbonyl (C=O) groups is 2. The van der Waals surface area contributed by atoms with Gasteiger partial charge in [-0.3, -0.25) is 15.1 Å². The van der Waals surface area contributed by atoms with E-state index >= 15 is 4.39 Å². The minimum absolute atomic E-state index is 0.0813. The summed E-state index contributed by atoms with van der Waals surface area (Å²) in [6, 6.07) is 9.71. The molecular formula is C27H16F3N3O3S. The van der Waals surface area contributed by atoms with Gasteiger partial charge in [-0.15, -0.1) is 11.3 Å². The van der Waals surface area contributed by atoms with Crippen LogP contribution in [-0.4, -0.2) is 27.0 Å². The van der Waals surface area contributed by atoms with Crippen LogP contribution in [0.25, 0.3) is 17.3 Å². The second kappa shape index (κ2) is 10.9. The van der Waals surface area contributed by atoms with Crippen LogP contribution in [0.1, 0.15) is 34.0 Å². The fraction of sp³-hybridized carbons (Fsp3) is 0.0370. The number of carbonyl (C=O) groups excluding carboxylic acids is 1. The van der Waals surface area contributed by atoms with Gasteiger partial charge in [-0.05, 0) is 49.4 Å². The highest BCUT2D eigenvalue weighted by molar-refractivity contribution is 7.14. The predicted octanol–water partition coefficient (Wildman–Crippen LogP) is 5.76. The number of hydrogen-bond acceptors (Lipinski definition) is 5. The number of aromatic nitrogens is 2. The van der Waals surface area contributed by atoms with Crippen LogP contribution in [0.5, 0.6) is 0 Å². The Labute approximate surface area is 213 Å². The highest BCUT2D eigenvalue weighted by Crippen LogP contribution is 2.29. The molecule has 2 aromatic heterocycles. The molecule has 0 aliphatic heterocycles. The summed E-state index contributed by atoms with van der Waals surface area (Å²) >= 11 is 0.999. The van der Waals surface area contributed by atoms with Crippen LogP contribution < -0.4 is 5.32 Å². The molecule has 2 heterocycles. The summed E-state index contributed by atoms with van der Waals surface area (Å²) in [5.41, 5.74) is -0.00460. The van der Waals surface area contributed by atoms with Crippen molar-refractivity contribution in [3.8, 4) is 23.1 Å². The molecule has 0 spiro atoms. The van der Waals surface area contributed by atoms with Crippen molar-refractivity contribution < 1.29 is 27.9 Å². The quantitative estimate of drug-likeness (QED) is 0.258. The normalized spacial score (nSPS) is 11.0. The number of nitrogens with zero attached hydrogens (tertiary/aromatic N) is 2. The number of halogens is 3. The van der Waals surface area contributed by atoms with Crippen molar-refractivity contribution in [1.82, 2.24) is 9.97 Å². The molecule has 6 nitrogen and oxygen atoms in total. The zero-order valence-corrected chi connectivity index (χ0v) is 19.9. The van der Waals surface area contributed by atoms with Crippen LogP contribution in [0.3, 0.4) is 0 Å². The lowest BCUT2D eigenvalue weighted by atomic mass is 10.1. The molecule has 0 atom stereocenters. The first-order chi connectivity index (χ1) is 17.7. The average molecular weight is 520 g/mol. The van der Waals surface area contributed by atoms with Gasteiger partial charge >= 0.3 is 5.97 Å². The Bertz CT molecular complexity index is 1580. The van der Waals surface area contributed by atoms with Gasteiger partial charge in [0.2, 0.25) is 0 Å². The molecule has 2 aromatic carbocycles. The Morgan fingerprint density at radius 2 is 1.84 bits per heavy atom. The maximum Gasteiger partial charge on any atom is 0.331 e. The first-order valence-electron chi connectivity index (χ1n) is 10.6. The van der Waals surface area contributed by atoms with Crippen molar-refractivity contribution in [2.75, 3.05) is 5.32 Å². The third-order valence-electron chi connectivity index (χ3n) is 5.04. The molecule has 37 heavy (non-hydrogen) atoms. The third kappa shape index (κ3) is 5.91. The molecule has 4 rings (SSSR count). The number of aliphatic carboxylic acids is 1. The molecule has 0 aliphatic rings. The van der Waals surface area contributed by atoms with Gasteiger partial charge in [-0.2, -0.15) is 0 Å². The molecule has 0 unspecified atom stereocenters. The molecule has 2 N–H and O–H groups in total. The molecule has 0 bridgehead atoms. The van der Waals surface area contributed by atoms with Gasteiger partial charge < -0.3 is 5.11 Å². The summed E-state index contributed by atoms with van der Waals surface area (Å²) in [4.78, 5) is 31.7. The van der Waals surface area contributed by atoms with E-state index in [4.69, 9.17) is 5.11 Å². The van der Waals surface area contributed by atoms with Crippen LogP contribution in [0, 0.1) is 29.3 Å². The Kier molecular flexibility index (Phi) is 7.46. The maximum atomic E-state index is 15.1. The SMILES string of the molecule is C/C(=C\c1c(F)cc(C(=O)Nc2nc(-c3cccc(C#Cc4cccnc4)c3F)cs2)cc1F)C(=O)O. The summed E-state index contributed by atoms with van der Waals surface area (Å²) < 4.78 is 43.9. The first-order valence-corrected chi connectivity index (χ1v) is 11.5. The van der Waals surface area contributed by atoms with Crippen molar-refractivity contribution in [1.29, 1.82) is 0 Å². The number of amides is 1. The summed E-state index contributed by atoms with van der Waals surface area (Å²) in [5, 5.41) is 12.9.